The highest BCUT2D eigenvalue weighted by molar-refractivity contribution is 7.90. The average molecular weight is 404 g/mol. The third-order valence-electron chi connectivity index (χ3n) is 5.65. The molecule has 1 saturated heterocycles. The van der Waals surface area contributed by atoms with E-state index in [-0.39, 0.29) is 17.4 Å². The van der Waals surface area contributed by atoms with E-state index in [2.05, 4.69) is 5.01 Å². The lowest BCUT2D eigenvalue weighted by Gasteiger charge is -2.35. The number of carboxylic acid groups (broad SMARTS) is 1. The van der Waals surface area contributed by atoms with Gasteiger partial charge in [-0.15, -0.1) is 0 Å². The molecule has 1 fully saturated rings. The normalized spacial score (nSPS) is 22.1. The predicted molar refractivity (Wildman–Crippen MR) is 105 cm³/mol. The Morgan fingerprint density at radius 1 is 1.29 bits per heavy atom. The quantitative estimate of drug-likeness (QED) is 0.819. The predicted octanol–water partition coefficient (Wildman–Crippen LogP) is 2.67. The number of carbonyl (C=O) groups is 1. The molecule has 150 valence electrons. The maximum atomic E-state index is 11.8. The van der Waals surface area contributed by atoms with Crippen molar-refractivity contribution in [2.24, 2.45) is 5.92 Å². The van der Waals surface area contributed by atoms with Crippen LogP contribution < -0.4 is 5.01 Å². The van der Waals surface area contributed by atoms with E-state index in [0.717, 1.165) is 36.3 Å². The summed E-state index contributed by atoms with van der Waals surface area (Å²) in [6.45, 7) is 3.00. The zero-order chi connectivity index (χ0) is 20.1. The van der Waals surface area contributed by atoms with Crippen LogP contribution in [-0.2, 0) is 16.3 Å². The summed E-state index contributed by atoms with van der Waals surface area (Å²) >= 11 is 0. The maximum Gasteiger partial charge on any atom is 0.335 e. The number of nitrogens with zero attached hydrogens (tertiary/aromatic N) is 2. The fourth-order valence-corrected chi connectivity index (χ4v) is 4.88. The SMILES string of the molecule is Cc1ccc(N2CC3CCc4cc(C(=O)O)ccc4C3N2CCS(C)(=O)=O)o1. The molecule has 1 aromatic carbocycles. The number of anilines is 1. The zero-order valence-electron chi connectivity index (χ0n) is 16.0. The molecular weight excluding hydrogens is 380 g/mol. The van der Waals surface area contributed by atoms with Gasteiger partial charge in [-0.25, -0.2) is 18.2 Å². The number of fused-ring (bicyclic) bond motifs is 3. The average Bonchev–Trinajstić information content (AvgIpc) is 3.22. The van der Waals surface area contributed by atoms with E-state index in [1.165, 1.54) is 6.26 Å². The molecule has 28 heavy (non-hydrogen) atoms. The number of benzene rings is 1. The second-order valence-corrected chi connectivity index (χ2v) is 9.98. The van der Waals surface area contributed by atoms with Gasteiger partial charge in [0.25, 0.3) is 0 Å². The van der Waals surface area contributed by atoms with Gasteiger partial charge in [-0.3, -0.25) is 5.01 Å². The molecule has 0 radical (unpaired) electrons. The maximum absolute atomic E-state index is 11.8. The molecule has 0 amide bonds. The van der Waals surface area contributed by atoms with E-state index < -0.39 is 15.8 Å². The summed E-state index contributed by atoms with van der Waals surface area (Å²) in [4.78, 5) is 11.3. The molecule has 1 aromatic heterocycles. The van der Waals surface area contributed by atoms with E-state index >= 15 is 0 Å². The van der Waals surface area contributed by atoms with Crippen LogP contribution in [0.3, 0.4) is 0 Å². The van der Waals surface area contributed by atoms with Crippen LogP contribution in [-0.4, -0.2) is 49.6 Å². The van der Waals surface area contributed by atoms with E-state index in [1.807, 2.05) is 30.1 Å². The Morgan fingerprint density at radius 2 is 2.07 bits per heavy atom. The molecule has 0 spiro atoms. The third-order valence-corrected chi connectivity index (χ3v) is 6.57. The number of carboxylic acids is 1. The molecule has 2 atom stereocenters. The molecule has 1 N–H and O–H groups in total. The molecule has 0 bridgehead atoms. The molecule has 7 nitrogen and oxygen atoms in total. The Kier molecular flexibility index (Phi) is 4.71. The van der Waals surface area contributed by atoms with Crippen molar-refractivity contribution in [1.82, 2.24) is 5.01 Å². The number of hydrogen-bond donors (Lipinski definition) is 1. The highest BCUT2D eigenvalue weighted by Crippen LogP contribution is 2.46. The fraction of sp³-hybridized carbons (Fsp3) is 0.450. The fourth-order valence-electron chi connectivity index (χ4n) is 4.36. The number of furan rings is 1. The minimum Gasteiger partial charge on any atom is -0.478 e. The van der Waals surface area contributed by atoms with E-state index in [0.29, 0.717) is 18.3 Å². The molecule has 2 aromatic rings. The van der Waals surface area contributed by atoms with Gasteiger partial charge in [-0.1, -0.05) is 6.07 Å². The second kappa shape index (κ2) is 6.93. The van der Waals surface area contributed by atoms with E-state index in [9.17, 15) is 18.3 Å². The molecule has 1 aliphatic heterocycles. The van der Waals surface area contributed by atoms with Gasteiger partial charge in [0.2, 0.25) is 5.88 Å². The highest BCUT2D eigenvalue weighted by atomic mass is 32.2. The second-order valence-electron chi connectivity index (χ2n) is 7.72. The Bertz CT molecular complexity index is 1010. The Morgan fingerprint density at radius 3 is 2.71 bits per heavy atom. The number of aromatic carboxylic acids is 1. The summed E-state index contributed by atoms with van der Waals surface area (Å²) in [5.41, 5.74) is 2.40. The van der Waals surface area contributed by atoms with E-state index in [1.54, 1.807) is 12.1 Å². The third kappa shape index (κ3) is 3.54. The van der Waals surface area contributed by atoms with Crippen LogP contribution >= 0.6 is 0 Å². The van der Waals surface area contributed by atoms with E-state index in [4.69, 9.17) is 4.42 Å². The summed E-state index contributed by atoms with van der Waals surface area (Å²) in [5.74, 6) is 0.962. The summed E-state index contributed by atoms with van der Waals surface area (Å²) in [7, 11) is -3.12. The smallest absolute Gasteiger partial charge is 0.335 e. The number of hydrogen-bond acceptors (Lipinski definition) is 6. The summed E-state index contributed by atoms with van der Waals surface area (Å²) < 4.78 is 29.5. The number of aryl methyl sites for hydroxylation is 2. The Balaban J connectivity index is 1.73. The van der Waals surface area contributed by atoms with Crippen LogP contribution in [0.5, 0.6) is 0 Å². The first-order valence-corrected chi connectivity index (χ1v) is 11.4. The molecular formula is C20H24N2O5S. The standard InChI is InChI=1S/C20H24N2O5S/c1-13-3-8-18(27-13)22-12-16-5-4-14-11-15(20(23)24)6-7-17(14)19(16)21(22)9-10-28(2,25)26/h3,6-8,11,16,19H,4-5,9-10,12H2,1-2H3,(H,23,24). The molecule has 2 heterocycles. The van der Waals surface area contributed by atoms with Crippen molar-refractivity contribution in [2.45, 2.75) is 25.8 Å². The number of sulfone groups is 1. The first kappa shape index (κ1) is 19.0. The van der Waals surface area contributed by atoms with Gasteiger partial charge >= 0.3 is 5.97 Å². The molecule has 0 saturated carbocycles. The number of rotatable bonds is 5. The lowest BCUT2D eigenvalue weighted by molar-refractivity contribution is 0.0696. The minimum atomic E-state index is -3.12. The van der Waals surface area contributed by atoms with Gasteiger partial charge in [0, 0.05) is 25.4 Å². The van der Waals surface area contributed by atoms with Gasteiger partial charge in [-0.05, 0) is 55.0 Å². The van der Waals surface area contributed by atoms with Gasteiger partial charge in [0.15, 0.2) is 0 Å². The van der Waals surface area contributed by atoms with Crippen LogP contribution in [0.1, 0.15) is 39.7 Å². The molecule has 2 unspecified atom stereocenters. The van der Waals surface area contributed by atoms with Crippen molar-refractivity contribution >= 4 is 21.7 Å². The van der Waals surface area contributed by atoms with Gasteiger partial charge in [0.05, 0.1) is 17.4 Å². The largest absolute Gasteiger partial charge is 0.478 e. The van der Waals surface area contributed by atoms with Gasteiger partial charge in [-0.2, -0.15) is 0 Å². The number of hydrazine groups is 1. The highest BCUT2D eigenvalue weighted by Gasteiger charge is 2.44. The van der Waals surface area contributed by atoms with Crippen LogP contribution in [0, 0.1) is 12.8 Å². The molecule has 2 aliphatic rings. The molecule has 4 rings (SSSR count). The Hall–Kier alpha value is -2.32. The monoisotopic (exact) mass is 404 g/mol. The molecule has 8 heteroatoms. The topological polar surface area (TPSA) is 91.1 Å². The summed E-state index contributed by atoms with van der Waals surface area (Å²) in [6, 6.07) is 9.10. The first-order valence-electron chi connectivity index (χ1n) is 9.37. The van der Waals surface area contributed by atoms with Crippen LogP contribution in [0.15, 0.2) is 34.7 Å². The summed E-state index contributed by atoms with van der Waals surface area (Å²) in [5, 5.41) is 13.4. The minimum absolute atomic E-state index is 0.0127. The van der Waals surface area contributed by atoms with Crippen molar-refractivity contribution in [2.75, 3.05) is 30.1 Å². The van der Waals surface area contributed by atoms with Crippen LogP contribution in [0.2, 0.25) is 0 Å². The van der Waals surface area contributed by atoms with Crippen molar-refractivity contribution in [3.8, 4) is 0 Å². The van der Waals surface area contributed by atoms with Gasteiger partial charge < -0.3 is 9.52 Å². The van der Waals surface area contributed by atoms with Crippen molar-refractivity contribution in [3.63, 3.8) is 0 Å². The van der Waals surface area contributed by atoms with Crippen LogP contribution in [0.25, 0.3) is 0 Å². The van der Waals surface area contributed by atoms with Crippen molar-refractivity contribution in [3.05, 3.63) is 52.8 Å². The lowest BCUT2D eigenvalue weighted by atomic mass is 9.80. The van der Waals surface area contributed by atoms with Crippen LogP contribution in [0.4, 0.5) is 5.88 Å². The zero-order valence-corrected chi connectivity index (χ0v) is 16.8. The summed E-state index contributed by atoms with van der Waals surface area (Å²) in [6.07, 6.45) is 2.99. The first-order chi connectivity index (χ1) is 13.2. The van der Waals surface area contributed by atoms with Crippen molar-refractivity contribution < 1.29 is 22.7 Å². The van der Waals surface area contributed by atoms with Crippen molar-refractivity contribution in [1.29, 1.82) is 0 Å². The Labute approximate surface area is 164 Å². The molecule has 1 aliphatic carbocycles. The van der Waals surface area contributed by atoms with Gasteiger partial charge in [0.1, 0.15) is 15.6 Å². The lowest BCUT2D eigenvalue weighted by Crippen LogP contribution is -2.41.